The molecule has 17 heavy (non-hydrogen) atoms. The van der Waals surface area contributed by atoms with E-state index in [0.717, 1.165) is 5.56 Å². The molecular weight excluding hydrogens is 212 g/mol. The number of hydrogen-bond acceptors (Lipinski definition) is 1. The smallest absolute Gasteiger partial charge is 0.319 e. The van der Waals surface area contributed by atoms with Gasteiger partial charge in [0.2, 0.25) is 0 Å². The molecule has 1 aromatic carbocycles. The molecule has 0 aliphatic carbocycles. The number of carbonyl (C=O) groups is 1. The zero-order valence-electron chi connectivity index (χ0n) is 10.9. The highest BCUT2D eigenvalue weighted by Crippen LogP contribution is 2.05. The van der Waals surface area contributed by atoms with Gasteiger partial charge in [0.15, 0.2) is 0 Å². The largest absolute Gasteiger partial charge is 0.333 e. The van der Waals surface area contributed by atoms with Gasteiger partial charge in [0.25, 0.3) is 0 Å². The van der Waals surface area contributed by atoms with Crippen molar-refractivity contribution in [3.8, 4) is 0 Å². The summed E-state index contributed by atoms with van der Waals surface area (Å²) in [6, 6.07) is 7.88. The van der Waals surface area contributed by atoms with Crippen molar-refractivity contribution in [3.63, 3.8) is 0 Å². The molecule has 0 fully saturated rings. The number of aryl methyl sites for hydroxylation is 1. The molecule has 3 nitrogen and oxygen atoms in total. The standard InChI is InChI=1S/C14H20N2O/c1-11-6-5-7-12(10-11)8-9-15-13(17)16-14(2,3)4/h5-10H,1-4H3,(H2,15,16,17)/b9-8+. The molecule has 0 bridgehead atoms. The van der Waals surface area contributed by atoms with Crippen LogP contribution >= 0.6 is 0 Å². The Morgan fingerprint density at radius 2 is 2.00 bits per heavy atom. The summed E-state index contributed by atoms with van der Waals surface area (Å²) in [7, 11) is 0. The molecule has 2 N–H and O–H groups in total. The summed E-state index contributed by atoms with van der Waals surface area (Å²) in [5.41, 5.74) is 2.05. The highest BCUT2D eigenvalue weighted by Gasteiger charge is 2.11. The number of rotatable bonds is 2. The minimum atomic E-state index is -0.221. The van der Waals surface area contributed by atoms with Crippen LogP contribution in [0.1, 0.15) is 31.9 Å². The Morgan fingerprint density at radius 1 is 1.29 bits per heavy atom. The summed E-state index contributed by atoms with van der Waals surface area (Å²) in [6.45, 7) is 7.86. The van der Waals surface area contributed by atoms with Gasteiger partial charge in [0, 0.05) is 11.7 Å². The van der Waals surface area contributed by atoms with E-state index in [0.29, 0.717) is 0 Å². The van der Waals surface area contributed by atoms with Crippen molar-refractivity contribution in [1.29, 1.82) is 0 Å². The van der Waals surface area contributed by atoms with E-state index >= 15 is 0 Å². The quantitative estimate of drug-likeness (QED) is 0.808. The summed E-state index contributed by atoms with van der Waals surface area (Å²) >= 11 is 0. The minimum Gasteiger partial charge on any atom is -0.333 e. The van der Waals surface area contributed by atoms with Crippen molar-refractivity contribution in [1.82, 2.24) is 10.6 Å². The van der Waals surface area contributed by atoms with Crippen LogP contribution in [-0.2, 0) is 0 Å². The number of benzene rings is 1. The molecule has 0 saturated heterocycles. The van der Waals surface area contributed by atoms with E-state index in [2.05, 4.69) is 16.7 Å². The van der Waals surface area contributed by atoms with Crippen molar-refractivity contribution in [2.75, 3.05) is 0 Å². The predicted octanol–water partition coefficient (Wildman–Crippen LogP) is 3.06. The molecule has 3 heteroatoms. The first kappa shape index (κ1) is 13.3. The van der Waals surface area contributed by atoms with Crippen LogP contribution in [-0.4, -0.2) is 11.6 Å². The van der Waals surface area contributed by atoms with E-state index in [1.54, 1.807) is 6.20 Å². The molecule has 92 valence electrons. The van der Waals surface area contributed by atoms with Crippen molar-refractivity contribution in [2.45, 2.75) is 33.2 Å². The summed E-state index contributed by atoms with van der Waals surface area (Å²) < 4.78 is 0. The number of hydrogen-bond donors (Lipinski definition) is 2. The molecule has 0 spiro atoms. The van der Waals surface area contributed by atoms with Gasteiger partial charge in [-0.2, -0.15) is 0 Å². The molecule has 2 amide bonds. The van der Waals surface area contributed by atoms with Gasteiger partial charge in [-0.1, -0.05) is 29.8 Å². The van der Waals surface area contributed by atoms with Crippen molar-refractivity contribution < 1.29 is 4.79 Å². The van der Waals surface area contributed by atoms with Crippen LogP contribution < -0.4 is 10.6 Å². The zero-order chi connectivity index (χ0) is 12.9. The summed E-state index contributed by atoms with van der Waals surface area (Å²) in [4.78, 5) is 11.4. The lowest BCUT2D eigenvalue weighted by molar-refractivity contribution is 0.235. The molecule has 0 radical (unpaired) electrons. The Hall–Kier alpha value is -1.77. The molecule has 0 aromatic heterocycles. The average Bonchev–Trinajstić information content (AvgIpc) is 2.14. The van der Waals surface area contributed by atoms with Crippen LogP contribution in [0.3, 0.4) is 0 Å². The first-order chi connectivity index (χ1) is 7.87. The zero-order valence-corrected chi connectivity index (χ0v) is 10.9. The molecule has 1 aromatic rings. The van der Waals surface area contributed by atoms with Crippen LogP contribution in [0.4, 0.5) is 4.79 Å². The van der Waals surface area contributed by atoms with Crippen molar-refractivity contribution >= 4 is 12.1 Å². The van der Waals surface area contributed by atoms with Gasteiger partial charge in [-0.15, -0.1) is 0 Å². The predicted molar refractivity (Wildman–Crippen MR) is 71.6 cm³/mol. The molecule has 0 saturated carbocycles. The van der Waals surface area contributed by atoms with E-state index in [-0.39, 0.29) is 11.6 Å². The summed E-state index contributed by atoms with van der Waals surface area (Å²) in [5, 5.41) is 5.49. The Bertz CT molecular complexity index is 416. The van der Waals surface area contributed by atoms with Crippen molar-refractivity contribution in [2.24, 2.45) is 0 Å². The van der Waals surface area contributed by atoms with E-state index < -0.39 is 0 Å². The average molecular weight is 232 g/mol. The first-order valence-electron chi connectivity index (χ1n) is 5.69. The maximum absolute atomic E-state index is 11.4. The van der Waals surface area contributed by atoms with Gasteiger partial charge in [0.1, 0.15) is 0 Å². The molecule has 0 aliphatic heterocycles. The van der Waals surface area contributed by atoms with E-state index in [1.807, 2.05) is 52.0 Å². The molecule has 0 heterocycles. The third kappa shape index (κ3) is 5.76. The fourth-order valence-corrected chi connectivity index (χ4v) is 1.36. The Kier molecular flexibility index (Phi) is 4.32. The molecule has 0 atom stereocenters. The molecule has 0 unspecified atom stereocenters. The van der Waals surface area contributed by atoms with Gasteiger partial charge in [-0.25, -0.2) is 4.79 Å². The number of carbonyl (C=O) groups excluding carboxylic acids is 1. The molecule has 1 rings (SSSR count). The summed E-state index contributed by atoms with van der Waals surface area (Å²) in [5.74, 6) is 0. The maximum atomic E-state index is 11.4. The fourth-order valence-electron chi connectivity index (χ4n) is 1.36. The summed E-state index contributed by atoms with van der Waals surface area (Å²) in [6.07, 6.45) is 3.52. The van der Waals surface area contributed by atoms with E-state index in [4.69, 9.17) is 0 Å². The van der Waals surface area contributed by atoms with Gasteiger partial charge < -0.3 is 10.6 Å². The van der Waals surface area contributed by atoms with Crippen LogP contribution in [0.2, 0.25) is 0 Å². The van der Waals surface area contributed by atoms with Crippen LogP contribution in [0, 0.1) is 6.92 Å². The number of amides is 2. The van der Waals surface area contributed by atoms with Crippen LogP contribution in [0.15, 0.2) is 30.5 Å². The van der Waals surface area contributed by atoms with E-state index in [1.165, 1.54) is 5.56 Å². The van der Waals surface area contributed by atoms with Crippen molar-refractivity contribution in [3.05, 3.63) is 41.6 Å². The van der Waals surface area contributed by atoms with Gasteiger partial charge >= 0.3 is 6.03 Å². The Morgan fingerprint density at radius 3 is 2.59 bits per heavy atom. The van der Waals surface area contributed by atoms with Gasteiger partial charge in [0.05, 0.1) is 0 Å². The lowest BCUT2D eigenvalue weighted by Gasteiger charge is -2.19. The highest BCUT2D eigenvalue weighted by molar-refractivity contribution is 5.76. The topological polar surface area (TPSA) is 41.1 Å². The second-order valence-electron chi connectivity index (χ2n) is 5.10. The normalized spacial score (nSPS) is 11.5. The third-order valence-corrected chi connectivity index (χ3v) is 2.02. The molecule has 0 aliphatic rings. The SMILES string of the molecule is Cc1cccc(/C=C/NC(=O)NC(C)(C)C)c1. The second kappa shape index (κ2) is 5.53. The first-order valence-corrected chi connectivity index (χ1v) is 5.69. The molecular formula is C14H20N2O. The Labute approximate surface area is 103 Å². The van der Waals surface area contributed by atoms with Gasteiger partial charge in [-0.3, -0.25) is 0 Å². The van der Waals surface area contributed by atoms with Crippen LogP contribution in [0.25, 0.3) is 6.08 Å². The lowest BCUT2D eigenvalue weighted by Crippen LogP contribution is -2.44. The van der Waals surface area contributed by atoms with Gasteiger partial charge in [-0.05, 0) is 39.3 Å². The number of urea groups is 1. The maximum Gasteiger partial charge on any atom is 0.319 e. The minimum absolute atomic E-state index is 0.193. The monoisotopic (exact) mass is 232 g/mol. The lowest BCUT2D eigenvalue weighted by atomic mass is 10.1. The third-order valence-electron chi connectivity index (χ3n) is 2.02. The van der Waals surface area contributed by atoms with E-state index in [9.17, 15) is 4.79 Å². The number of nitrogens with one attached hydrogen (secondary N) is 2. The highest BCUT2D eigenvalue weighted by atomic mass is 16.2. The van der Waals surface area contributed by atoms with Crippen LogP contribution in [0.5, 0.6) is 0 Å². The Balaban J connectivity index is 2.48. The fraction of sp³-hybridized carbons (Fsp3) is 0.357. The second-order valence-corrected chi connectivity index (χ2v) is 5.10.